The van der Waals surface area contributed by atoms with Gasteiger partial charge in [0.15, 0.2) is 11.9 Å². The van der Waals surface area contributed by atoms with Gasteiger partial charge in [-0.1, -0.05) is 5.16 Å². The lowest BCUT2D eigenvalue weighted by Gasteiger charge is -2.10. The Morgan fingerprint density at radius 3 is 2.68 bits per heavy atom. The van der Waals surface area contributed by atoms with E-state index in [1.54, 1.807) is 13.0 Å². The average Bonchev–Trinajstić information content (AvgIpc) is 3.13. The number of carbonyl (C=O) groups excluding carboxylic acids is 2. The number of nitrogens with one attached hydrogen (secondary N) is 1. The van der Waals surface area contributed by atoms with Gasteiger partial charge >= 0.3 is 5.97 Å². The second-order valence-corrected chi connectivity index (χ2v) is 5.55. The molecule has 10 nitrogen and oxygen atoms in total. The summed E-state index contributed by atoms with van der Waals surface area (Å²) in [5.41, 5.74) is 1.54. The Labute approximate surface area is 142 Å². The third kappa shape index (κ3) is 3.47. The van der Waals surface area contributed by atoms with Crippen molar-refractivity contribution >= 4 is 23.5 Å². The van der Waals surface area contributed by atoms with Crippen LogP contribution < -0.4 is 5.32 Å². The van der Waals surface area contributed by atoms with Crippen LogP contribution in [0.1, 0.15) is 34.7 Å². The standard InChI is InChI=1S/C15H16N6O4/c1-7-5-8(2)21-15(16-7)18-12(19-21)14(23)24-10(4)13(22)17-11-6-9(3)25-20-11/h5-6,10H,1-4H3,(H,17,20,22)/t10-/m1/s1. The zero-order valence-electron chi connectivity index (χ0n) is 14.1. The van der Waals surface area contributed by atoms with Gasteiger partial charge < -0.3 is 14.6 Å². The summed E-state index contributed by atoms with van der Waals surface area (Å²) in [4.78, 5) is 32.4. The number of anilines is 1. The van der Waals surface area contributed by atoms with E-state index in [1.807, 2.05) is 19.9 Å². The van der Waals surface area contributed by atoms with Gasteiger partial charge in [0.1, 0.15) is 5.76 Å². The van der Waals surface area contributed by atoms with E-state index in [2.05, 4.69) is 25.5 Å². The summed E-state index contributed by atoms with van der Waals surface area (Å²) in [6, 6.07) is 3.36. The van der Waals surface area contributed by atoms with Crippen molar-refractivity contribution < 1.29 is 18.8 Å². The Hall–Kier alpha value is -3.30. The van der Waals surface area contributed by atoms with Crippen LogP contribution in [-0.2, 0) is 9.53 Å². The number of hydrogen-bond acceptors (Lipinski definition) is 8. The molecular formula is C15H16N6O4. The van der Waals surface area contributed by atoms with Crippen molar-refractivity contribution in [3.8, 4) is 0 Å². The van der Waals surface area contributed by atoms with Crippen LogP contribution in [0.3, 0.4) is 0 Å². The van der Waals surface area contributed by atoms with Crippen LogP contribution in [0.5, 0.6) is 0 Å². The molecule has 0 saturated carbocycles. The van der Waals surface area contributed by atoms with Gasteiger partial charge in [-0.2, -0.15) is 4.98 Å². The number of hydrogen-bond donors (Lipinski definition) is 1. The van der Waals surface area contributed by atoms with Gasteiger partial charge in [0.25, 0.3) is 17.5 Å². The first-order valence-electron chi connectivity index (χ1n) is 7.49. The minimum atomic E-state index is -1.06. The smallest absolute Gasteiger partial charge is 0.379 e. The molecule has 3 aromatic rings. The third-order valence-corrected chi connectivity index (χ3v) is 3.33. The highest BCUT2D eigenvalue weighted by Gasteiger charge is 2.23. The molecule has 10 heteroatoms. The van der Waals surface area contributed by atoms with E-state index in [9.17, 15) is 9.59 Å². The van der Waals surface area contributed by atoms with Gasteiger partial charge in [-0.05, 0) is 33.8 Å². The minimum Gasteiger partial charge on any atom is -0.447 e. The summed E-state index contributed by atoms with van der Waals surface area (Å²) in [7, 11) is 0. The third-order valence-electron chi connectivity index (χ3n) is 3.33. The van der Waals surface area contributed by atoms with Crippen LogP contribution >= 0.6 is 0 Å². The van der Waals surface area contributed by atoms with Crippen LogP contribution in [0, 0.1) is 20.8 Å². The summed E-state index contributed by atoms with van der Waals surface area (Å²) in [6.45, 7) is 6.77. The first-order valence-corrected chi connectivity index (χ1v) is 7.49. The molecule has 1 N–H and O–H groups in total. The van der Waals surface area contributed by atoms with E-state index in [1.165, 1.54) is 11.4 Å². The molecule has 0 aromatic carbocycles. The first-order chi connectivity index (χ1) is 11.8. The van der Waals surface area contributed by atoms with Crippen molar-refractivity contribution in [2.24, 2.45) is 0 Å². The summed E-state index contributed by atoms with van der Waals surface area (Å²) in [6.07, 6.45) is -1.06. The molecule has 0 aliphatic rings. The topological polar surface area (TPSA) is 125 Å². The molecule has 0 fully saturated rings. The molecule has 0 bridgehead atoms. The van der Waals surface area contributed by atoms with Crippen molar-refractivity contribution in [1.29, 1.82) is 0 Å². The molecule has 3 aromatic heterocycles. The number of esters is 1. The average molecular weight is 344 g/mol. The minimum absolute atomic E-state index is 0.168. The highest BCUT2D eigenvalue weighted by Crippen LogP contribution is 2.10. The summed E-state index contributed by atoms with van der Waals surface area (Å²) in [5, 5.41) is 10.2. The fourth-order valence-corrected chi connectivity index (χ4v) is 2.17. The largest absolute Gasteiger partial charge is 0.447 e. The van der Waals surface area contributed by atoms with E-state index in [4.69, 9.17) is 9.26 Å². The number of rotatable bonds is 4. The van der Waals surface area contributed by atoms with Crippen molar-refractivity contribution in [1.82, 2.24) is 24.7 Å². The second-order valence-electron chi connectivity index (χ2n) is 5.55. The van der Waals surface area contributed by atoms with E-state index in [0.29, 0.717) is 11.5 Å². The van der Waals surface area contributed by atoms with Gasteiger partial charge in [0.05, 0.1) is 0 Å². The Bertz CT molecular complexity index is 960. The molecule has 3 rings (SSSR count). The Balaban J connectivity index is 1.71. The summed E-state index contributed by atoms with van der Waals surface area (Å²) in [5.74, 6) is -0.451. The molecule has 0 aliphatic heterocycles. The SMILES string of the molecule is Cc1cc(C)n2nc(C(=O)O[C@H](C)C(=O)Nc3cc(C)on3)nc2n1. The van der Waals surface area contributed by atoms with E-state index in [-0.39, 0.29) is 11.6 Å². The zero-order chi connectivity index (χ0) is 18.1. The molecule has 25 heavy (non-hydrogen) atoms. The van der Waals surface area contributed by atoms with E-state index >= 15 is 0 Å². The Morgan fingerprint density at radius 2 is 2.00 bits per heavy atom. The molecular weight excluding hydrogens is 328 g/mol. The number of ether oxygens (including phenoxy) is 1. The Kier molecular flexibility index (Phi) is 4.17. The quantitative estimate of drug-likeness (QED) is 0.700. The fraction of sp³-hybridized carbons (Fsp3) is 0.333. The molecule has 0 radical (unpaired) electrons. The van der Waals surface area contributed by atoms with Gasteiger partial charge in [0.2, 0.25) is 0 Å². The second kappa shape index (κ2) is 6.30. The number of nitrogens with zero attached hydrogens (tertiary/aromatic N) is 5. The van der Waals surface area contributed by atoms with E-state index < -0.39 is 18.0 Å². The highest BCUT2D eigenvalue weighted by molar-refractivity contribution is 5.95. The molecule has 0 unspecified atom stereocenters. The monoisotopic (exact) mass is 344 g/mol. The first kappa shape index (κ1) is 16.6. The van der Waals surface area contributed by atoms with Crippen LogP contribution in [0.25, 0.3) is 5.78 Å². The van der Waals surface area contributed by atoms with Gasteiger partial charge in [-0.15, -0.1) is 5.10 Å². The fourth-order valence-electron chi connectivity index (χ4n) is 2.17. The molecule has 0 aliphatic carbocycles. The molecule has 130 valence electrons. The highest BCUT2D eigenvalue weighted by atomic mass is 16.5. The predicted octanol–water partition coefficient (Wildman–Crippen LogP) is 1.22. The van der Waals surface area contributed by atoms with Crippen LogP contribution in [0.15, 0.2) is 16.7 Å². The van der Waals surface area contributed by atoms with Crippen molar-refractivity contribution in [2.45, 2.75) is 33.8 Å². The zero-order valence-corrected chi connectivity index (χ0v) is 14.1. The van der Waals surface area contributed by atoms with Crippen molar-refractivity contribution in [3.05, 3.63) is 35.1 Å². The van der Waals surface area contributed by atoms with Gasteiger partial charge in [0, 0.05) is 17.5 Å². The normalized spacial score (nSPS) is 12.2. The summed E-state index contributed by atoms with van der Waals surface area (Å²) >= 11 is 0. The van der Waals surface area contributed by atoms with E-state index in [0.717, 1.165) is 11.4 Å². The van der Waals surface area contributed by atoms with Crippen LogP contribution in [0.4, 0.5) is 5.82 Å². The molecule has 1 amide bonds. The number of amides is 1. The maximum absolute atomic E-state index is 12.2. The molecule has 0 saturated heterocycles. The Morgan fingerprint density at radius 1 is 1.24 bits per heavy atom. The maximum Gasteiger partial charge on any atom is 0.379 e. The lowest BCUT2D eigenvalue weighted by Crippen LogP contribution is -2.30. The van der Waals surface area contributed by atoms with Crippen molar-refractivity contribution in [2.75, 3.05) is 5.32 Å². The van der Waals surface area contributed by atoms with Gasteiger partial charge in [-0.25, -0.2) is 14.3 Å². The predicted molar refractivity (Wildman–Crippen MR) is 85.0 cm³/mol. The van der Waals surface area contributed by atoms with Gasteiger partial charge in [-0.3, -0.25) is 4.79 Å². The maximum atomic E-state index is 12.2. The van der Waals surface area contributed by atoms with Crippen molar-refractivity contribution in [3.63, 3.8) is 0 Å². The van der Waals surface area contributed by atoms with Crippen LogP contribution in [0.2, 0.25) is 0 Å². The number of carbonyl (C=O) groups is 2. The summed E-state index contributed by atoms with van der Waals surface area (Å²) < 4.78 is 11.4. The number of fused-ring (bicyclic) bond motifs is 1. The number of aromatic nitrogens is 5. The molecule has 1 atom stereocenters. The molecule has 3 heterocycles. The lowest BCUT2D eigenvalue weighted by molar-refractivity contribution is -0.123. The van der Waals surface area contributed by atoms with Crippen LogP contribution in [-0.4, -0.2) is 42.7 Å². The number of aryl methyl sites for hydroxylation is 3. The molecule has 0 spiro atoms. The lowest BCUT2D eigenvalue weighted by atomic mass is 10.3.